The van der Waals surface area contributed by atoms with Crippen LogP contribution in [0.3, 0.4) is 0 Å². The van der Waals surface area contributed by atoms with Gasteiger partial charge in [0.15, 0.2) is 13.2 Å². The average molecular weight is 746 g/mol. The van der Waals surface area contributed by atoms with Crippen LogP contribution in [0, 0.1) is 10.1 Å². The van der Waals surface area contributed by atoms with Gasteiger partial charge in [-0.25, -0.2) is 14.6 Å². The topological polar surface area (TPSA) is 147 Å². The first-order chi connectivity index (χ1) is 24.3. The first kappa shape index (κ1) is 38.1. The molecule has 1 aromatic heterocycles. The van der Waals surface area contributed by atoms with Gasteiger partial charge in [-0.15, -0.1) is 0 Å². The molecule has 0 N–H and O–H groups in total. The van der Waals surface area contributed by atoms with E-state index in [1.807, 2.05) is 54.6 Å². The van der Waals surface area contributed by atoms with E-state index < -0.39 is 46.5 Å². The molecular weight excluding hydrogens is 719 g/mol. The molecule has 0 fully saturated rings. The van der Waals surface area contributed by atoms with E-state index in [2.05, 4.69) is 9.72 Å². The molecule has 4 aromatic carbocycles. The fourth-order valence-corrected chi connectivity index (χ4v) is 5.16. The van der Waals surface area contributed by atoms with Gasteiger partial charge in [-0.1, -0.05) is 53.3 Å². The molecule has 0 saturated heterocycles. The Morgan fingerprint density at radius 2 is 1.65 bits per heavy atom. The highest BCUT2D eigenvalue weighted by Crippen LogP contribution is 2.37. The molecule has 0 saturated carbocycles. The van der Waals surface area contributed by atoms with Crippen LogP contribution in [-0.2, 0) is 25.2 Å². The minimum absolute atomic E-state index is 0.0226. The van der Waals surface area contributed by atoms with Crippen molar-refractivity contribution in [3.63, 3.8) is 0 Å². The first-order valence-corrected chi connectivity index (χ1v) is 15.9. The van der Waals surface area contributed by atoms with E-state index >= 15 is 0 Å². The number of alkyl halides is 3. The summed E-state index contributed by atoms with van der Waals surface area (Å²) < 4.78 is 59.3. The molecule has 0 radical (unpaired) electrons. The summed E-state index contributed by atoms with van der Waals surface area (Å²) in [5.74, 6) is -2.47. The molecule has 51 heavy (non-hydrogen) atoms. The Balaban J connectivity index is 0.000000242. The van der Waals surface area contributed by atoms with E-state index in [0.717, 1.165) is 46.2 Å². The van der Waals surface area contributed by atoms with Gasteiger partial charge < -0.3 is 23.8 Å². The molecule has 0 bridgehead atoms. The Hall–Kier alpha value is -5.74. The quantitative estimate of drug-likeness (QED) is 0.0738. The fraction of sp³-hybridized carbons (Fsp3) is 0.176. The number of likely N-dealkylation sites (N-methyl/N-ethyl adjacent to an activating group) is 1. The summed E-state index contributed by atoms with van der Waals surface area (Å²) in [5, 5.41) is 11.3. The summed E-state index contributed by atoms with van der Waals surface area (Å²) >= 11 is 7.25. The van der Waals surface area contributed by atoms with Crippen LogP contribution in [-0.4, -0.2) is 54.6 Å². The van der Waals surface area contributed by atoms with Crippen molar-refractivity contribution in [2.45, 2.75) is 13.1 Å². The minimum atomic E-state index is -4.61. The summed E-state index contributed by atoms with van der Waals surface area (Å²) in [6.07, 6.45) is -4.61. The number of carbonyl (C=O) groups is 3. The lowest BCUT2D eigenvalue weighted by Crippen LogP contribution is -2.31. The number of hydrogen-bond acceptors (Lipinski definition) is 11. The van der Waals surface area contributed by atoms with E-state index in [1.54, 1.807) is 11.9 Å². The Morgan fingerprint density at radius 3 is 2.29 bits per heavy atom. The summed E-state index contributed by atoms with van der Waals surface area (Å²) in [4.78, 5) is 51.8. The average Bonchev–Trinajstić information content (AvgIpc) is 3.53. The van der Waals surface area contributed by atoms with E-state index in [9.17, 15) is 37.7 Å². The number of fused-ring (bicyclic) bond motifs is 1. The standard InChI is InChI=1S/C18H13ClF3NO7.C16H14N2O2S/c1-2-28-16(24)9-29-17(25)12-8-11(4-5-14(12)23(26)27)30-15-6-3-10(7-13(15)19)18(20,21)22;1-18(12-7-3-2-4-8-12)15(19)11-20-16-17-13-9-5-6-10-14(13)21-16/h3-8H,2,9H2,1H3;2-10H,11H2,1H3. The minimum Gasteiger partial charge on any atom is -0.463 e. The number of thiazole rings is 1. The van der Waals surface area contributed by atoms with Gasteiger partial charge in [0.05, 0.1) is 32.3 Å². The third-order valence-electron chi connectivity index (χ3n) is 6.61. The van der Waals surface area contributed by atoms with Crippen molar-refractivity contribution in [2.75, 3.05) is 31.8 Å². The highest BCUT2D eigenvalue weighted by Gasteiger charge is 2.31. The SMILES string of the molecule is CCOC(=O)COC(=O)c1cc(Oc2ccc(C(F)(F)F)cc2Cl)ccc1[N+](=O)[O-].CN(C(=O)COc1nc2ccccc2s1)c1ccccc1. The Labute approximate surface area is 297 Å². The van der Waals surface area contributed by atoms with Crippen molar-refractivity contribution in [3.05, 3.63) is 117 Å². The number of hydrogen-bond donors (Lipinski definition) is 0. The maximum absolute atomic E-state index is 12.7. The predicted molar refractivity (Wildman–Crippen MR) is 182 cm³/mol. The molecule has 1 amide bonds. The number of para-hydroxylation sites is 2. The number of ether oxygens (including phenoxy) is 4. The zero-order valence-corrected chi connectivity index (χ0v) is 28.3. The normalized spacial score (nSPS) is 10.8. The smallest absolute Gasteiger partial charge is 0.416 e. The molecule has 0 aliphatic carbocycles. The van der Waals surface area contributed by atoms with E-state index in [4.69, 9.17) is 25.8 Å². The Kier molecular flexibility index (Phi) is 12.9. The van der Waals surface area contributed by atoms with Gasteiger partial charge in [0.2, 0.25) is 0 Å². The maximum atomic E-state index is 12.7. The van der Waals surface area contributed by atoms with E-state index in [1.165, 1.54) is 18.3 Å². The van der Waals surface area contributed by atoms with Gasteiger partial charge in [-0.2, -0.15) is 13.2 Å². The number of benzene rings is 4. The zero-order valence-electron chi connectivity index (χ0n) is 26.7. The Bertz CT molecular complexity index is 1990. The molecule has 0 atom stereocenters. The van der Waals surface area contributed by atoms with Crippen molar-refractivity contribution in [3.8, 4) is 16.7 Å². The van der Waals surface area contributed by atoms with Crippen LogP contribution in [0.4, 0.5) is 24.5 Å². The predicted octanol–water partition coefficient (Wildman–Crippen LogP) is 8.12. The highest BCUT2D eigenvalue weighted by molar-refractivity contribution is 7.20. The number of carbonyl (C=O) groups excluding carboxylic acids is 3. The van der Waals surface area contributed by atoms with Gasteiger partial charge in [-0.05, 0) is 55.5 Å². The Morgan fingerprint density at radius 1 is 0.941 bits per heavy atom. The molecule has 0 aliphatic heterocycles. The van der Waals surface area contributed by atoms with Crippen molar-refractivity contribution in [1.29, 1.82) is 0 Å². The molecule has 12 nitrogen and oxygen atoms in total. The number of rotatable bonds is 11. The summed E-state index contributed by atoms with van der Waals surface area (Å²) in [6, 6.07) is 22.6. The molecule has 1 heterocycles. The second kappa shape index (κ2) is 17.3. The van der Waals surface area contributed by atoms with Crippen molar-refractivity contribution >= 4 is 62.4 Å². The van der Waals surface area contributed by atoms with Crippen molar-refractivity contribution < 1.29 is 51.4 Å². The number of nitro benzene ring substituents is 1. The second-order valence-corrected chi connectivity index (χ2v) is 11.5. The van der Waals surface area contributed by atoms with Crippen LogP contribution in [0.1, 0.15) is 22.8 Å². The van der Waals surface area contributed by atoms with E-state index in [0.29, 0.717) is 11.3 Å². The summed E-state index contributed by atoms with van der Waals surface area (Å²) in [7, 11) is 1.74. The molecule has 0 aliphatic rings. The molecule has 266 valence electrons. The van der Waals surface area contributed by atoms with Crippen LogP contribution in [0.5, 0.6) is 16.7 Å². The lowest BCUT2D eigenvalue weighted by molar-refractivity contribution is -0.385. The highest BCUT2D eigenvalue weighted by atomic mass is 35.5. The summed E-state index contributed by atoms with van der Waals surface area (Å²) in [6.45, 7) is 0.802. The molecule has 5 aromatic rings. The number of anilines is 1. The van der Waals surface area contributed by atoms with Crippen molar-refractivity contribution in [2.24, 2.45) is 0 Å². The zero-order chi connectivity index (χ0) is 37.1. The maximum Gasteiger partial charge on any atom is 0.416 e. The van der Waals surface area contributed by atoms with Gasteiger partial charge in [-0.3, -0.25) is 14.9 Å². The number of amides is 1. The third kappa shape index (κ3) is 10.6. The lowest BCUT2D eigenvalue weighted by atomic mass is 10.1. The molecular formula is C34H27ClF3N3O9S. The molecule has 5 rings (SSSR count). The number of nitrogens with zero attached hydrogens (tertiary/aromatic N) is 3. The molecule has 0 unspecified atom stereocenters. The second-order valence-electron chi connectivity index (χ2n) is 10.1. The third-order valence-corrected chi connectivity index (χ3v) is 7.85. The molecule has 0 spiro atoms. The van der Waals surface area contributed by atoms with Crippen LogP contribution in [0.25, 0.3) is 10.2 Å². The van der Waals surface area contributed by atoms with Crippen molar-refractivity contribution in [1.82, 2.24) is 4.98 Å². The number of aromatic nitrogens is 1. The largest absolute Gasteiger partial charge is 0.463 e. The van der Waals surface area contributed by atoms with Gasteiger partial charge in [0.1, 0.15) is 17.1 Å². The fourth-order valence-electron chi connectivity index (χ4n) is 4.12. The van der Waals surface area contributed by atoms with Crippen LogP contribution in [0.15, 0.2) is 91.0 Å². The number of nitro groups is 1. The van der Waals surface area contributed by atoms with Crippen LogP contribution in [0.2, 0.25) is 5.02 Å². The molecule has 17 heteroatoms. The van der Waals surface area contributed by atoms with Gasteiger partial charge in [0, 0.05) is 24.9 Å². The van der Waals surface area contributed by atoms with Gasteiger partial charge >= 0.3 is 18.1 Å². The lowest BCUT2D eigenvalue weighted by Gasteiger charge is -2.16. The van der Waals surface area contributed by atoms with Crippen LogP contribution < -0.4 is 14.4 Å². The summed E-state index contributed by atoms with van der Waals surface area (Å²) in [5.41, 5.74) is -0.428. The number of halogens is 4. The number of esters is 2. The van der Waals surface area contributed by atoms with Crippen LogP contribution >= 0.6 is 22.9 Å². The monoisotopic (exact) mass is 745 g/mol. The van der Waals surface area contributed by atoms with E-state index in [-0.39, 0.29) is 35.6 Å². The first-order valence-electron chi connectivity index (χ1n) is 14.7. The van der Waals surface area contributed by atoms with Gasteiger partial charge in [0.25, 0.3) is 16.8 Å².